The van der Waals surface area contributed by atoms with Crippen molar-refractivity contribution in [2.24, 2.45) is 5.92 Å². The Kier molecular flexibility index (Phi) is 2.61. The number of aromatic nitrogens is 2. The third kappa shape index (κ3) is 1.62. The summed E-state index contributed by atoms with van der Waals surface area (Å²) < 4.78 is 10.5. The van der Waals surface area contributed by atoms with Gasteiger partial charge in [0.05, 0.1) is 0 Å². The molecule has 5 heteroatoms. The van der Waals surface area contributed by atoms with Crippen LogP contribution in [-0.2, 0) is 4.74 Å². The normalized spacial score (nSPS) is 29.5. The molecule has 0 bridgehead atoms. The molecule has 12 heavy (non-hydrogen) atoms. The predicted molar refractivity (Wildman–Crippen MR) is 55.1 cm³/mol. The monoisotopic (exact) mass is 296 g/mol. The minimum atomic E-state index is 0.200. The van der Waals surface area contributed by atoms with Crippen molar-refractivity contribution in [3.8, 4) is 0 Å². The smallest absolute Gasteiger partial charge is 0.203 e. The fourth-order valence-corrected chi connectivity index (χ4v) is 2.80. The van der Waals surface area contributed by atoms with Crippen molar-refractivity contribution in [3.05, 3.63) is 8.84 Å². The van der Waals surface area contributed by atoms with Crippen molar-refractivity contribution in [1.29, 1.82) is 0 Å². The summed E-state index contributed by atoms with van der Waals surface area (Å²) in [7, 11) is 0. The maximum Gasteiger partial charge on any atom is 0.203 e. The Morgan fingerprint density at radius 3 is 3.00 bits per heavy atom. The highest BCUT2D eigenvalue weighted by molar-refractivity contribution is 14.1. The van der Waals surface area contributed by atoms with Gasteiger partial charge in [0.15, 0.2) is 0 Å². The van der Waals surface area contributed by atoms with Crippen LogP contribution in [0.25, 0.3) is 0 Å². The van der Waals surface area contributed by atoms with E-state index in [0.717, 1.165) is 21.9 Å². The van der Waals surface area contributed by atoms with E-state index >= 15 is 0 Å². The first-order valence-corrected chi connectivity index (χ1v) is 5.73. The first-order valence-electron chi connectivity index (χ1n) is 3.88. The van der Waals surface area contributed by atoms with Crippen LogP contribution in [0.2, 0.25) is 0 Å². The zero-order valence-corrected chi connectivity index (χ0v) is 9.63. The molecule has 2 heterocycles. The maximum absolute atomic E-state index is 5.57. The van der Waals surface area contributed by atoms with Crippen LogP contribution in [0, 0.1) is 9.75 Å². The van der Waals surface area contributed by atoms with E-state index in [1.807, 2.05) is 0 Å². The summed E-state index contributed by atoms with van der Waals surface area (Å²) in [5.74, 6) is 0.591. The second-order valence-electron chi connectivity index (χ2n) is 2.96. The standard InChI is InChI=1S/C7H9IN2OS/c1-4-2-3-11-5(4)6-9-7(8)10-12-6/h4-5H,2-3H2,1H3. The number of hydrogen-bond acceptors (Lipinski definition) is 4. The van der Waals surface area contributed by atoms with Gasteiger partial charge in [-0.2, -0.15) is 4.37 Å². The predicted octanol–water partition coefficient (Wildman–Crippen LogP) is 2.24. The average Bonchev–Trinajstić information content (AvgIpc) is 2.58. The first kappa shape index (κ1) is 8.83. The number of rotatable bonds is 1. The summed E-state index contributed by atoms with van der Waals surface area (Å²) in [5, 5.41) is 1.03. The molecule has 1 aliphatic heterocycles. The molecule has 1 aromatic rings. The second kappa shape index (κ2) is 3.55. The SMILES string of the molecule is CC1CCOC1c1nc(I)ns1. The van der Waals surface area contributed by atoms with Gasteiger partial charge in [-0.25, -0.2) is 4.98 Å². The lowest BCUT2D eigenvalue weighted by atomic mass is 10.1. The van der Waals surface area contributed by atoms with E-state index in [0.29, 0.717) is 5.92 Å². The lowest BCUT2D eigenvalue weighted by Crippen LogP contribution is -2.02. The van der Waals surface area contributed by atoms with Crippen LogP contribution < -0.4 is 0 Å². The molecule has 66 valence electrons. The van der Waals surface area contributed by atoms with Gasteiger partial charge in [-0.15, -0.1) is 0 Å². The molecule has 0 aliphatic carbocycles. The third-order valence-corrected chi connectivity index (χ3v) is 3.63. The Bertz CT molecular complexity index is 278. The highest BCUT2D eigenvalue weighted by Crippen LogP contribution is 2.34. The average molecular weight is 296 g/mol. The lowest BCUT2D eigenvalue weighted by Gasteiger charge is -2.09. The van der Waals surface area contributed by atoms with Gasteiger partial charge in [-0.05, 0) is 23.9 Å². The highest BCUT2D eigenvalue weighted by atomic mass is 127. The quantitative estimate of drug-likeness (QED) is 0.746. The van der Waals surface area contributed by atoms with Crippen LogP contribution in [0.1, 0.15) is 24.5 Å². The van der Waals surface area contributed by atoms with Gasteiger partial charge in [0.1, 0.15) is 11.1 Å². The number of ether oxygens (including phenoxy) is 1. The molecule has 3 nitrogen and oxygen atoms in total. The topological polar surface area (TPSA) is 35.0 Å². The van der Waals surface area contributed by atoms with E-state index in [1.54, 1.807) is 0 Å². The van der Waals surface area contributed by atoms with Crippen molar-refractivity contribution in [1.82, 2.24) is 9.36 Å². The molecule has 1 aromatic heterocycles. The summed E-state index contributed by atoms with van der Waals surface area (Å²) in [5.41, 5.74) is 0. The van der Waals surface area contributed by atoms with Crippen LogP contribution in [0.3, 0.4) is 0 Å². The molecular formula is C7H9IN2OS. The molecule has 0 N–H and O–H groups in total. The zero-order chi connectivity index (χ0) is 8.55. The van der Waals surface area contributed by atoms with Gasteiger partial charge in [0.25, 0.3) is 0 Å². The Morgan fingerprint density at radius 2 is 2.50 bits per heavy atom. The highest BCUT2D eigenvalue weighted by Gasteiger charge is 2.28. The first-order chi connectivity index (χ1) is 5.77. The van der Waals surface area contributed by atoms with E-state index in [2.05, 4.69) is 38.9 Å². The summed E-state index contributed by atoms with van der Waals surface area (Å²) in [6, 6.07) is 0. The molecule has 1 fully saturated rings. The van der Waals surface area contributed by atoms with Crippen LogP contribution in [0.5, 0.6) is 0 Å². The van der Waals surface area contributed by atoms with Crippen molar-refractivity contribution >= 4 is 34.1 Å². The summed E-state index contributed by atoms with van der Waals surface area (Å²) in [4.78, 5) is 4.31. The largest absolute Gasteiger partial charge is 0.371 e. The summed E-state index contributed by atoms with van der Waals surface area (Å²) >= 11 is 3.58. The van der Waals surface area contributed by atoms with Crippen LogP contribution >= 0.6 is 34.1 Å². The van der Waals surface area contributed by atoms with Gasteiger partial charge in [0.2, 0.25) is 3.83 Å². The number of hydrogen-bond donors (Lipinski definition) is 0. The van der Waals surface area contributed by atoms with Gasteiger partial charge in [-0.1, -0.05) is 6.92 Å². The van der Waals surface area contributed by atoms with Gasteiger partial charge in [-0.3, -0.25) is 0 Å². The fourth-order valence-electron chi connectivity index (χ4n) is 1.34. The number of halogens is 1. The van der Waals surface area contributed by atoms with Crippen LogP contribution in [0.4, 0.5) is 0 Å². The van der Waals surface area contributed by atoms with Crippen molar-refractivity contribution in [2.45, 2.75) is 19.4 Å². The van der Waals surface area contributed by atoms with Gasteiger partial charge >= 0.3 is 0 Å². The zero-order valence-electron chi connectivity index (χ0n) is 6.66. The molecule has 2 atom stereocenters. The molecule has 0 saturated carbocycles. The van der Waals surface area contributed by atoms with Crippen LogP contribution in [0.15, 0.2) is 0 Å². The van der Waals surface area contributed by atoms with E-state index < -0.39 is 0 Å². The lowest BCUT2D eigenvalue weighted by molar-refractivity contribution is 0.0942. The minimum Gasteiger partial charge on any atom is -0.371 e. The van der Waals surface area contributed by atoms with E-state index in [9.17, 15) is 0 Å². The Balaban J connectivity index is 2.19. The molecule has 0 aromatic carbocycles. The molecule has 0 radical (unpaired) electrons. The third-order valence-electron chi connectivity index (χ3n) is 2.05. The van der Waals surface area contributed by atoms with Crippen LogP contribution in [-0.4, -0.2) is 16.0 Å². The molecule has 0 amide bonds. The van der Waals surface area contributed by atoms with E-state index in [-0.39, 0.29) is 6.10 Å². The summed E-state index contributed by atoms with van der Waals surface area (Å²) in [6.45, 7) is 3.06. The Hall–Kier alpha value is 0.250. The minimum absolute atomic E-state index is 0.200. The Labute approximate surface area is 88.8 Å². The van der Waals surface area contributed by atoms with Crippen molar-refractivity contribution < 1.29 is 4.74 Å². The molecule has 2 unspecified atom stereocenters. The van der Waals surface area contributed by atoms with Gasteiger partial charge < -0.3 is 4.74 Å². The molecule has 1 aliphatic rings. The van der Waals surface area contributed by atoms with Crippen molar-refractivity contribution in [2.75, 3.05) is 6.61 Å². The molecule has 0 spiro atoms. The number of nitrogens with zero attached hydrogens (tertiary/aromatic N) is 2. The Morgan fingerprint density at radius 1 is 1.67 bits per heavy atom. The van der Waals surface area contributed by atoms with E-state index in [1.165, 1.54) is 11.5 Å². The maximum atomic E-state index is 5.57. The molecule has 1 saturated heterocycles. The molecule has 2 rings (SSSR count). The molecular weight excluding hydrogens is 287 g/mol. The van der Waals surface area contributed by atoms with Crippen molar-refractivity contribution in [3.63, 3.8) is 0 Å². The fraction of sp³-hybridized carbons (Fsp3) is 0.714. The second-order valence-corrected chi connectivity index (χ2v) is 4.71. The van der Waals surface area contributed by atoms with E-state index in [4.69, 9.17) is 4.74 Å². The summed E-state index contributed by atoms with van der Waals surface area (Å²) in [6.07, 6.45) is 1.34. The van der Waals surface area contributed by atoms with Gasteiger partial charge in [0, 0.05) is 29.2 Å².